The molecule has 3 rings (SSSR count). The molecule has 2 aromatic rings. The van der Waals surface area contributed by atoms with Gasteiger partial charge in [0.25, 0.3) is 0 Å². The van der Waals surface area contributed by atoms with Gasteiger partial charge in [-0.05, 0) is 70.0 Å². The van der Waals surface area contributed by atoms with Crippen LogP contribution in [0.3, 0.4) is 0 Å². The number of ether oxygens (including phenoxy) is 2. The smallest absolute Gasteiger partial charge is 0.410 e. The van der Waals surface area contributed by atoms with Crippen molar-refractivity contribution in [2.45, 2.75) is 78.7 Å². The van der Waals surface area contributed by atoms with Crippen LogP contribution in [0.4, 0.5) is 4.79 Å². The number of benzene rings is 2. The molecule has 3 amide bonds. The van der Waals surface area contributed by atoms with E-state index in [1.54, 1.807) is 29.2 Å². The van der Waals surface area contributed by atoms with Crippen molar-refractivity contribution in [3.8, 4) is 11.5 Å². The molecule has 9 heteroatoms. The molecule has 0 aliphatic carbocycles. The molecule has 2 aromatic carbocycles. The number of nitrogens with one attached hydrogen (secondary N) is 2. The van der Waals surface area contributed by atoms with Crippen LogP contribution in [0.1, 0.15) is 78.1 Å². The van der Waals surface area contributed by atoms with Crippen LogP contribution < -0.4 is 15.4 Å². The monoisotopic (exact) mass is 527 g/mol. The Hall–Kier alpha value is -3.75. The van der Waals surface area contributed by atoms with E-state index in [-0.39, 0.29) is 41.8 Å². The highest BCUT2D eigenvalue weighted by Gasteiger charge is 2.30. The molecule has 0 spiro atoms. The van der Waals surface area contributed by atoms with Crippen LogP contribution in [-0.4, -0.2) is 52.7 Å². The van der Waals surface area contributed by atoms with Crippen LogP contribution in [0.5, 0.6) is 11.5 Å². The van der Waals surface area contributed by atoms with E-state index in [2.05, 4.69) is 10.6 Å². The van der Waals surface area contributed by atoms with Crippen LogP contribution in [0.15, 0.2) is 48.5 Å². The van der Waals surface area contributed by atoms with Crippen molar-refractivity contribution in [1.82, 2.24) is 15.5 Å². The van der Waals surface area contributed by atoms with Crippen LogP contribution in [-0.2, 0) is 14.3 Å². The molecule has 9 nitrogen and oxygen atoms in total. The second-order valence-corrected chi connectivity index (χ2v) is 10.5. The summed E-state index contributed by atoms with van der Waals surface area (Å²) in [6.45, 7) is 13.6. The fourth-order valence-corrected chi connectivity index (χ4v) is 3.88. The van der Waals surface area contributed by atoms with Crippen molar-refractivity contribution in [1.29, 1.82) is 0 Å². The number of amides is 3. The van der Waals surface area contributed by atoms with Crippen LogP contribution in [0.25, 0.3) is 0 Å². The van der Waals surface area contributed by atoms with Crippen LogP contribution in [0, 0.1) is 0 Å². The van der Waals surface area contributed by atoms with Crippen LogP contribution >= 0.6 is 0 Å². The van der Waals surface area contributed by atoms with E-state index in [4.69, 9.17) is 14.6 Å². The first-order valence-corrected chi connectivity index (χ1v) is 12.8. The van der Waals surface area contributed by atoms with Gasteiger partial charge in [-0.2, -0.15) is 0 Å². The number of carbonyl (C=O) groups excluding carboxylic acids is 3. The van der Waals surface area contributed by atoms with Gasteiger partial charge in [0.1, 0.15) is 23.2 Å². The minimum absolute atomic E-state index is 0.0156. The van der Waals surface area contributed by atoms with E-state index in [0.717, 1.165) is 23.3 Å². The molecule has 0 bridgehead atoms. The molecule has 1 aliphatic rings. The van der Waals surface area contributed by atoms with E-state index >= 15 is 0 Å². The fraction of sp³-hybridized carbons (Fsp3) is 0.483. The molecule has 1 saturated heterocycles. The molecule has 0 saturated carbocycles. The van der Waals surface area contributed by atoms with Gasteiger partial charge in [0.2, 0.25) is 11.8 Å². The van der Waals surface area contributed by atoms with Crippen molar-refractivity contribution in [3.05, 3.63) is 59.7 Å². The Morgan fingerprint density at radius 1 is 0.895 bits per heavy atom. The number of aromatic hydroxyl groups is 1. The van der Waals surface area contributed by atoms with Crippen molar-refractivity contribution in [2.24, 2.45) is 0 Å². The average Bonchev–Trinajstić information content (AvgIpc) is 3.27. The predicted molar refractivity (Wildman–Crippen MR) is 146 cm³/mol. The second-order valence-electron chi connectivity index (χ2n) is 10.5. The van der Waals surface area contributed by atoms with Gasteiger partial charge in [-0.15, -0.1) is 0 Å². The Labute approximate surface area is 225 Å². The van der Waals surface area contributed by atoms with E-state index in [0.29, 0.717) is 13.1 Å². The first-order chi connectivity index (χ1) is 17.7. The number of hydrogen-bond acceptors (Lipinski definition) is 6. The Bertz CT molecular complexity index is 1060. The highest BCUT2D eigenvalue weighted by Crippen LogP contribution is 2.22. The number of phenols is 1. The van der Waals surface area contributed by atoms with E-state index in [9.17, 15) is 14.4 Å². The quantitative estimate of drug-likeness (QED) is 0.494. The average molecular weight is 528 g/mol. The number of likely N-dealkylation sites (tertiary alicyclic amines) is 1. The lowest BCUT2D eigenvalue weighted by molar-refractivity contribution is -0.120. The predicted octanol–water partition coefficient (Wildman–Crippen LogP) is 4.86. The number of carbonyl (C=O) groups is 3. The number of rotatable bonds is 6. The Morgan fingerprint density at radius 3 is 1.82 bits per heavy atom. The summed E-state index contributed by atoms with van der Waals surface area (Å²) in [5.41, 5.74) is 1.51. The number of hydrogen-bond donors (Lipinski definition) is 3. The maximum Gasteiger partial charge on any atom is 0.410 e. The summed E-state index contributed by atoms with van der Waals surface area (Å²) >= 11 is 0. The maximum atomic E-state index is 12.1. The van der Waals surface area contributed by atoms with Gasteiger partial charge in [-0.25, -0.2) is 4.79 Å². The lowest BCUT2D eigenvalue weighted by atomic mass is 10.1. The standard InChI is InChI=1S/C19H28N2O4.C10H13NO2/c1-13(20-14(2)22)15-6-8-16(9-7-15)24-17-10-11-21(12-17)18(23)25-19(3,4)5;1-7(11-8(2)12)9-3-5-10(13)6-4-9/h6-9,13,17H,10-12H2,1-5H3,(H,20,22);3-7,13H,1-2H3,(H,11,12)/t13-,17+;7-/m00/s1. The first kappa shape index (κ1) is 30.5. The first-order valence-electron chi connectivity index (χ1n) is 12.8. The number of phenolic OH excluding ortho intramolecular Hbond substituents is 1. The molecule has 208 valence electrons. The molecule has 0 radical (unpaired) electrons. The van der Waals surface area contributed by atoms with Gasteiger partial charge < -0.3 is 30.1 Å². The van der Waals surface area contributed by atoms with Crippen molar-refractivity contribution in [2.75, 3.05) is 13.1 Å². The van der Waals surface area contributed by atoms with E-state index in [1.807, 2.05) is 58.9 Å². The second kappa shape index (κ2) is 13.7. The van der Waals surface area contributed by atoms with Crippen LogP contribution in [0.2, 0.25) is 0 Å². The minimum atomic E-state index is -0.490. The highest BCUT2D eigenvalue weighted by atomic mass is 16.6. The minimum Gasteiger partial charge on any atom is -0.508 e. The summed E-state index contributed by atoms with van der Waals surface area (Å²) in [7, 11) is 0. The Kier molecular flexibility index (Phi) is 11.0. The molecule has 1 fully saturated rings. The largest absolute Gasteiger partial charge is 0.508 e. The van der Waals surface area contributed by atoms with Gasteiger partial charge in [0.05, 0.1) is 18.6 Å². The summed E-state index contributed by atoms with van der Waals surface area (Å²) in [4.78, 5) is 35.6. The molecule has 0 unspecified atom stereocenters. The summed E-state index contributed by atoms with van der Waals surface area (Å²) in [6.07, 6.45) is 0.452. The van der Waals surface area contributed by atoms with Gasteiger partial charge in [0.15, 0.2) is 0 Å². The summed E-state index contributed by atoms with van der Waals surface area (Å²) in [6, 6.07) is 14.4. The zero-order valence-electron chi connectivity index (χ0n) is 23.4. The Morgan fingerprint density at radius 2 is 1.37 bits per heavy atom. The third kappa shape index (κ3) is 10.7. The van der Waals surface area contributed by atoms with Gasteiger partial charge >= 0.3 is 6.09 Å². The molecule has 3 atom stereocenters. The highest BCUT2D eigenvalue weighted by molar-refractivity contribution is 5.73. The molecular weight excluding hydrogens is 486 g/mol. The van der Waals surface area contributed by atoms with E-state index < -0.39 is 5.60 Å². The molecule has 38 heavy (non-hydrogen) atoms. The zero-order valence-corrected chi connectivity index (χ0v) is 23.4. The third-order valence-corrected chi connectivity index (χ3v) is 5.71. The van der Waals surface area contributed by atoms with Gasteiger partial charge in [-0.1, -0.05) is 24.3 Å². The maximum absolute atomic E-state index is 12.1. The third-order valence-electron chi connectivity index (χ3n) is 5.71. The molecular formula is C29H41N3O6. The summed E-state index contributed by atoms with van der Waals surface area (Å²) in [5, 5.41) is 14.6. The lowest BCUT2D eigenvalue weighted by Crippen LogP contribution is -2.36. The molecule has 1 heterocycles. The zero-order chi connectivity index (χ0) is 28.5. The van der Waals surface area contributed by atoms with Crippen molar-refractivity contribution >= 4 is 17.9 Å². The summed E-state index contributed by atoms with van der Waals surface area (Å²) in [5.74, 6) is 0.884. The van der Waals surface area contributed by atoms with Crippen molar-refractivity contribution < 1.29 is 29.0 Å². The molecule has 1 aliphatic heterocycles. The SMILES string of the molecule is CC(=O)N[C@@H](C)c1ccc(O)cc1.CC(=O)N[C@@H](C)c1ccc(O[C@@H]2CCN(C(=O)OC(C)(C)C)C2)cc1. The van der Waals surface area contributed by atoms with Crippen molar-refractivity contribution in [3.63, 3.8) is 0 Å². The lowest BCUT2D eigenvalue weighted by Gasteiger charge is -2.24. The Balaban J connectivity index is 0.000000328. The molecule has 3 N–H and O–H groups in total. The van der Waals surface area contributed by atoms with E-state index in [1.165, 1.54) is 13.8 Å². The van der Waals surface area contributed by atoms with Gasteiger partial charge in [0, 0.05) is 26.8 Å². The van der Waals surface area contributed by atoms with Gasteiger partial charge in [-0.3, -0.25) is 9.59 Å². The molecule has 0 aromatic heterocycles. The number of nitrogens with zero attached hydrogens (tertiary/aromatic N) is 1. The summed E-state index contributed by atoms with van der Waals surface area (Å²) < 4.78 is 11.4. The fourth-order valence-electron chi connectivity index (χ4n) is 3.88. The normalized spacial score (nSPS) is 16.4. The topological polar surface area (TPSA) is 117 Å².